The van der Waals surface area contributed by atoms with E-state index in [9.17, 15) is 14.9 Å². The Kier molecular flexibility index (Phi) is 3.06. The van der Waals surface area contributed by atoms with Crippen molar-refractivity contribution in [1.29, 1.82) is 5.26 Å². The van der Waals surface area contributed by atoms with Gasteiger partial charge in [0, 0.05) is 5.56 Å². The number of nitriles is 1. The van der Waals surface area contributed by atoms with E-state index in [1.165, 1.54) is 0 Å². The maximum atomic E-state index is 10.7. The monoisotopic (exact) mass is 221 g/mol. The van der Waals surface area contributed by atoms with Crippen molar-refractivity contribution in [1.82, 2.24) is 0 Å². The number of nitrogens with two attached hydrogens (primary N) is 1. The third-order valence-electron chi connectivity index (χ3n) is 1.87. The van der Waals surface area contributed by atoms with E-state index in [1.54, 1.807) is 6.07 Å². The lowest BCUT2D eigenvalue weighted by Gasteiger charge is -2.03. The van der Waals surface area contributed by atoms with Gasteiger partial charge in [-0.3, -0.25) is 14.9 Å². The van der Waals surface area contributed by atoms with Gasteiger partial charge in [-0.05, 0) is 12.1 Å². The molecular weight excluding hydrogens is 214 g/mol. The summed E-state index contributed by atoms with van der Waals surface area (Å²) in [6, 6.07) is 4.05. The first-order valence-corrected chi connectivity index (χ1v) is 4.14. The summed E-state index contributed by atoms with van der Waals surface area (Å²) in [5.41, 5.74) is 4.75. The van der Waals surface area contributed by atoms with E-state index in [1.807, 2.05) is 0 Å². The van der Waals surface area contributed by atoms with Crippen molar-refractivity contribution in [3.8, 4) is 6.07 Å². The highest BCUT2D eigenvalue weighted by Crippen LogP contribution is 2.28. The number of nitrogens with zero attached hydrogens (tertiary/aromatic N) is 2. The maximum absolute atomic E-state index is 10.7. The Hall–Kier alpha value is -2.62. The van der Waals surface area contributed by atoms with Gasteiger partial charge >= 0.3 is 5.97 Å². The molecule has 0 amide bonds. The van der Waals surface area contributed by atoms with E-state index in [-0.39, 0.29) is 16.8 Å². The zero-order chi connectivity index (χ0) is 12.3. The van der Waals surface area contributed by atoms with Crippen molar-refractivity contribution in [2.24, 2.45) is 0 Å². The number of benzene rings is 1. The summed E-state index contributed by atoms with van der Waals surface area (Å²) in [5.74, 6) is -1.22. The normalized spacial score (nSPS) is 9.44. The second kappa shape index (κ2) is 4.27. The summed E-state index contributed by atoms with van der Waals surface area (Å²) in [4.78, 5) is 20.4. The van der Waals surface area contributed by atoms with Gasteiger partial charge in [0.1, 0.15) is 5.69 Å². The van der Waals surface area contributed by atoms with Gasteiger partial charge in [-0.25, -0.2) is 0 Å². The minimum atomic E-state index is -1.22. The first kappa shape index (κ1) is 11.5. The first-order chi connectivity index (χ1) is 7.45. The Labute approximate surface area is 89.9 Å². The summed E-state index contributed by atoms with van der Waals surface area (Å²) < 4.78 is 0. The molecule has 0 aliphatic carbocycles. The molecule has 0 saturated heterocycles. The topological polar surface area (TPSA) is 130 Å². The summed E-state index contributed by atoms with van der Waals surface area (Å²) in [6.45, 7) is 0. The summed E-state index contributed by atoms with van der Waals surface area (Å²) in [6.07, 6.45) is -0.546. The van der Waals surface area contributed by atoms with Gasteiger partial charge in [-0.2, -0.15) is 5.26 Å². The molecule has 0 aliphatic rings. The summed E-state index contributed by atoms with van der Waals surface area (Å²) in [7, 11) is 0. The van der Waals surface area contributed by atoms with Crippen molar-refractivity contribution in [3.05, 3.63) is 33.4 Å². The maximum Gasteiger partial charge on any atom is 0.308 e. The predicted molar refractivity (Wildman–Crippen MR) is 53.6 cm³/mol. The van der Waals surface area contributed by atoms with Crippen LogP contribution in [0.4, 0.5) is 11.4 Å². The fourth-order valence-electron chi connectivity index (χ4n) is 1.30. The Morgan fingerprint density at radius 1 is 1.62 bits per heavy atom. The first-order valence-electron chi connectivity index (χ1n) is 4.14. The van der Waals surface area contributed by atoms with E-state index in [2.05, 4.69) is 0 Å². The second-order valence-electron chi connectivity index (χ2n) is 3.01. The molecule has 0 bridgehead atoms. The quantitative estimate of drug-likeness (QED) is 0.438. The highest BCUT2D eigenvalue weighted by molar-refractivity contribution is 5.76. The van der Waals surface area contributed by atoms with Gasteiger partial charge in [-0.1, -0.05) is 0 Å². The molecule has 0 fully saturated rings. The Morgan fingerprint density at radius 2 is 2.25 bits per heavy atom. The molecule has 1 rings (SSSR count). The molecule has 82 valence electrons. The number of nitrogen functional groups attached to an aromatic ring is 1. The average Bonchev–Trinajstić information content (AvgIpc) is 2.14. The highest BCUT2D eigenvalue weighted by Gasteiger charge is 2.21. The van der Waals surface area contributed by atoms with E-state index in [4.69, 9.17) is 16.1 Å². The third-order valence-corrected chi connectivity index (χ3v) is 1.87. The van der Waals surface area contributed by atoms with Gasteiger partial charge in [0.05, 0.1) is 23.0 Å². The lowest BCUT2D eigenvalue weighted by atomic mass is 10.0. The summed E-state index contributed by atoms with van der Waals surface area (Å²) >= 11 is 0. The molecule has 16 heavy (non-hydrogen) atoms. The van der Waals surface area contributed by atoms with Crippen LogP contribution in [-0.2, 0) is 11.2 Å². The van der Waals surface area contributed by atoms with Crippen LogP contribution in [-0.4, -0.2) is 16.0 Å². The van der Waals surface area contributed by atoms with Crippen LogP contribution in [0.2, 0.25) is 0 Å². The number of carboxylic acid groups (broad SMARTS) is 1. The third kappa shape index (κ3) is 2.24. The molecule has 0 atom stereocenters. The molecule has 0 radical (unpaired) electrons. The number of carbonyl (C=O) groups is 1. The molecule has 0 spiro atoms. The van der Waals surface area contributed by atoms with Crippen molar-refractivity contribution in [2.45, 2.75) is 6.42 Å². The Bertz CT molecular complexity index is 504. The van der Waals surface area contributed by atoms with Crippen LogP contribution in [0.15, 0.2) is 12.1 Å². The van der Waals surface area contributed by atoms with Crippen molar-refractivity contribution in [3.63, 3.8) is 0 Å². The number of nitro groups is 1. The largest absolute Gasteiger partial charge is 0.481 e. The fourth-order valence-corrected chi connectivity index (χ4v) is 1.30. The van der Waals surface area contributed by atoms with Crippen molar-refractivity contribution >= 4 is 17.3 Å². The Balaban J connectivity index is 3.41. The molecule has 7 nitrogen and oxygen atoms in total. The van der Waals surface area contributed by atoms with Crippen LogP contribution in [0, 0.1) is 21.4 Å². The smallest absolute Gasteiger partial charge is 0.308 e. The number of hydrogen-bond donors (Lipinski definition) is 2. The molecule has 1 aromatic rings. The minimum Gasteiger partial charge on any atom is -0.481 e. The van der Waals surface area contributed by atoms with Crippen LogP contribution in [0.25, 0.3) is 0 Å². The number of carboxylic acids is 1. The highest BCUT2D eigenvalue weighted by atomic mass is 16.6. The van der Waals surface area contributed by atoms with Gasteiger partial charge in [0.15, 0.2) is 0 Å². The number of rotatable bonds is 3. The molecule has 3 N–H and O–H groups in total. The van der Waals surface area contributed by atoms with Crippen molar-refractivity contribution in [2.75, 3.05) is 5.73 Å². The van der Waals surface area contributed by atoms with Crippen LogP contribution in [0.5, 0.6) is 0 Å². The van der Waals surface area contributed by atoms with Crippen LogP contribution < -0.4 is 5.73 Å². The number of anilines is 1. The molecule has 7 heteroatoms. The van der Waals surface area contributed by atoms with E-state index >= 15 is 0 Å². The van der Waals surface area contributed by atoms with Gasteiger partial charge < -0.3 is 10.8 Å². The van der Waals surface area contributed by atoms with E-state index in [0.717, 1.165) is 12.1 Å². The van der Waals surface area contributed by atoms with Crippen molar-refractivity contribution < 1.29 is 14.8 Å². The second-order valence-corrected chi connectivity index (χ2v) is 3.01. The zero-order valence-corrected chi connectivity index (χ0v) is 8.01. The molecular formula is C9H7N3O4. The van der Waals surface area contributed by atoms with E-state index < -0.39 is 23.0 Å². The number of nitro benzene ring substituents is 1. The number of aliphatic carboxylic acids is 1. The minimum absolute atomic E-state index is 0.0750. The number of hydrogen-bond acceptors (Lipinski definition) is 5. The van der Waals surface area contributed by atoms with Gasteiger partial charge in [0.25, 0.3) is 5.69 Å². The van der Waals surface area contributed by atoms with Crippen LogP contribution in [0.3, 0.4) is 0 Å². The lowest BCUT2D eigenvalue weighted by Crippen LogP contribution is -2.06. The van der Waals surface area contributed by atoms with Gasteiger partial charge in [-0.15, -0.1) is 0 Å². The van der Waals surface area contributed by atoms with Gasteiger partial charge in [0.2, 0.25) is 0 Å². The van der Waals surface area contributed by atoms with Crippen LogP contribution in [0.1, 0.15) is 11.1 Å². The van der Waals surface area contributed by atoms with E-state index in [0.29, 0.717) is 0 Å². The molecule has 0 aromatic heterocycles. The summed E-state index contributed by atoms with van der Waals surface area (Å²) in [5, 5.41) is 27.9. The average molecular weight is 221 g/mol. The molecule has 0 saturated carbocycles. The predicted octanol–water partition coefficient (Wildman–Crippen LogP) is 0.676. The standard InChI is InChI=1S/C9H7N3O4/c10-4-5-1-6(3-8(13)14)9(12(15)16)7(11)2-5/h1-2H,3,11H2,(H,13,14). The molecule has 0 unspecified atom stereocenters. The molecule has 0 heterocycles. The zero-order valence-electron chi connectivity index (χ0n) is 8.01. The fraction of sp³-hybridized carbons (Fsp3) is 0.111. The van der Waals surface area contributed by atoms with Crippen LogP contribution >= 0.6 is 0 Å². The molecule has 1 aromatic carbocycles. The SMILES string of the molecule is N#Cc1cc(N)c([N+](=O)[O-])c(CC(=O)O)c1. The Morgan fingerprint density at radius 3 is 2.69 bits per heavy atom. The molecule has 0 aliphatic heterocycles. The lowest BCUT2D eigenvalue weighted by molar-refractivity contribution is -0.384.